The lowest BCUT2D eigenvalue weighted by Crippen LogP contribution is -2.41. The molecule has 0 unspecified atom stereocenters. The van der Waals surface area contributed by atoms with Crippen LogP contribution >= 0.6 is 0 Å². The largest absolute Gasteiger partial charge is 0.484 e. The quantitative estimate of drug-likeness (QED) is 0.462. The molecular formula is C23H22N6O3. The molecule has 162 valence electrons. The Morgan fingerprint density at radius 1 is 1.16 bits per heavy atom. The van der Waals surface area contributed by atoms with Gasteiger partial charge in [0.05, 0.1) is 0 Å². The van der Waals surface area contributed by atoms with Gasteiger partial charge in [-0.05, 0) is 43.5 Å². The van der Waals surface area contributed by atoms with Crippen molar-refractivity contribution in [2.45, 2.75) is 25.3 Å². The SMILES string of the molecule is O=C(COc1ccccc1)N1CCCC[C@@H]1c1nc(-c2ccnc(-n3ccnc3)c2)no1. The Kier molecular flexibility index (Phi) is 5.61. The summed E-state index contributed by atoms with van der Waals surface area (Å²) in [6, 6.07) is 12.8. The van der Waals surface area contributed by atoms with Crippen LogP contribution in [0.5, 0.6) is 5.75 Å². The van der Waals surface area contributed by atoms with Crippen LogP contribution in [-0.2, 0) is 4.79 Å². The summed E-state index contributed by atoms with van der Waals surface area (Å²) in [4.78, 5) is 27.7. The Morgan fingerprint density at radius 3 is 2.91 bits per heavy atom. The lowest BCUT2D eigenvalue weighted by atomic mass is 10.0. The van der Waals surface area contributed by atoms with Crippen LogP contribution in [0.1, 0.15) is 31.2 Å². The topological polar surface area (TPSA) is 99.2 Å². The maximum absolute atomic E-state index is 12.9. The Morgan fingerprint density at radius 2 is 2.06 bits per heavy atom. The molecule has 0 saturated carbocycles. The molecular weight excluding hydrogens is 408 g/mol. The van der Waals surface area contributed by atoms with Crippen molar-refractivity contribution in [1.29, 1.82) is 0 Å². The van der Waals surface area contributed by atoms with Crippen LogP contribution in [0.2, 0.25) is 0 Å². The molecule has 4 aromatic rings. The summed E-state index contributed by atoms with van der Waals surface area (Å²) in [5.41, 5.74) is 0.778. The molecule has 1 aliphatic heterocycles. The number of para-hydroxylation sites is 1. The zero-order valence-electron chi connectivity index (χ0n) is 17.4. The van der Waals surface area contributed by atoms with Gasteiger partial charge in [-0.15, -0.1) is 0 Å². The van der Waals surface area contributed by atoms with E-state index in [1.54, 1.807) is 28.2 Å². The van der Waals surface area contributed by atoms with E-state index < -0.39 is 0 Å². The minimum absolute atomic E-state index is 0.0277. The second-order valence-electron chi connectivity index (χ2n) is 7.53. The molecule has 1 fully saturated rings. The summed E-state index contributed by atoms with van der Waals surface area (Å²) >= 11 is 0. The van der Waals surface area contributed by atoms with E-state index in [4.69, 9.17) is 9.26 Å². The highest BCUT2D eigenvalue weighted by molar-refractivity contribution is 5.78. The Balaban J connectivity index is 1.33. The van der Waals surface area contributed by atoms with Gasteiger partial charge in [-0.3, -0.25) is 9.36 Å². The first-order valence-corrected chi connectivity index (χ1v) is 10.5. The van der Waals surface area contributed by atoms with Crippen molar-refractivity contribution in [3.05, 3.63) is 73.3 Å². The molecule has 0 aliphatic carbocycles. The average Bonchev–Trinajstić information content (AvgIpc) is 3.56. The fourth-order valence-electron chi connectivity index (χ4n) is 3.81. The fourth-order valence-corrected chi connectivity index (χ4v) is 3.81. The van der Waals surface area contributed by atoms with Gasteiger partial charge in [0.25, 0.3) is 5.91 Å². The highest BCUT2D eigenvalue weighted by atomic mass is 16.5. The summed E-state index contributed by atoms with van der Waals surface area (Å²) < 4.78 is 13.1. The van der Waals surface area contributed by atoms with E-state index in [1.165, 1.54) is 0 Å². The molecule has 1 amide bonds. The number of ether oxygens (including phenoxy) is 1. The van der Waals surface area contributed by atoms with Crippen molar-refractivity contribution < 1.29 is 14.1 Å². The number of nitrogens with zero attached hydrogens (tertiary/aromatic N) is 6. The van der Waals surface area contributed by atoms with Crippen LogP contribution in [0.4, 0.5) is 0 Å². The molecule has 32 heavy (non-hydrogen) atoms. The van der Waals surface area contributed by atoms with Crippen LogP contribution < -0.4 is 4.74 Å². The van der Waals surface area contributed by atoms with E-state index in [2.05, 4.69) is 20.1 Å². The molecule has 9 nitrogen and oxygen atoms in total. The van der Waals surface area contributed by atoms with Crippen molar-refractivity contribution in [2.24, 2.45) is 0 Å². The maximum Gasteiger partial charge on any atom is 0.261 e. The second-order valence-corrected chi connectivity index (χ2v) is 7.53. The molecule has 9 heteroatoms. The van der Waals surface area contributed by atoms with Crippen LogP contribution in [0, 0.1) is 0 Å². The Labute approximate surface area is 184 Å². The Hall–Kier alpha value is -4.01. The number of benzene rings is 1. The number of carbonyl (C=O) groups is 1. The number of hydrogen-bond donors (Lipinski definition) is 0. The average molecular weight is 430 g/mol. The number of rotatable bonds is 6. The molecule has 5 rings (SSSR count). The van der Waals surface area contributed by atoms with E-state index in [1.807, 2.05) is 48.7 Å². The summed E-state index contributed by atoms with van der Waals surface area (Å²) in [6.45, 7) is 0.611. The third-order valence-corrected chi connectivity index (χ3v) is 5.43. The second kappa shape index (κ2) is 9.01. The van der Waals surface area contributed by atoms with Gasteiger partial charge in [-0.1, -0.05) is 23.4 Å². The number of aromatic nitrogens is 5. The third-order valence-electron chi connectivity index (χ3n) is 5.43. The van der Waals surface area contributed by atoms with Gasteiger partial charge < -0.3 is 14.2 Å². The minimum atomic E-state index is -0.258. The van der Waals surface area contributed by atoms with Gasteiger partial charge in [-0.2, -0.15) is 4.98 Å². The number of imidazole rings is 1. The first-order valence-electron chi connectivity index (χ1n) is 10.5. The van der Waals surface area contributed by atoms with Crippen molar-refractivity contribution in [1.82, 2.24) is 29.6 Å². The molecule has 0 bridgehead atoms. The molecule has 1 saturated heterocycles. The van der Waals surface area contributed by atoms with Crippen molar-refractivity contribution in [3.63, 3.8) is 0 Å². The fraction of sp³-hybridized carbons (Fsp3) is 0.261. The van der Waals surface area contributed by atoms with Gasteiger partial charge in [-0.25, -0.2) is 9.97 Å². The minimum Gasteiger partial charge on any atom is -0.484 e. The molecule has 1 atom stereocenters. The number of piperidine rings is 1. The van der Waals surface area contributed by atoms with E-state index in [0.717, 1.165) is 24.8 Å². The number of amides is 1. The van der Waals surface area contributed by atoms with Gasteiger partial charge >= 0.3 is 0 Å². The van der Waals surface area contributed by atoms with Gasteiger partial charge in [0.1, 0.15) is 23.9 Å². The van der Waals surface area contributed by atoms with Gasteiger partial charge in [0.15, 0.2) is 6.61 Å². The van der Waals surface area contributed by atoms with E-state index in [-0.39, 0.29) is 18.6 Å². The van der Waals surface area contributed by atoms with E-state index >= 15 is 0 Å². The number of likely N-dealkylation sites (tertiary alicyclic amines) is 1. The van der Waals surface area contributed by atoms with Gasteiger partial charge in [0.2, 0.25) is 11.7 Å². The summed E-state index contributed by atoms with van der Waals surface area (Å²) in [7, 11) is 0. The zero-order valence-corrected chi connectivity index (χ0v) is 17.4. The summed E-state index contributed by atoms with van der Waals surface area (Å²) in [5, 5.41) is 4.16. The normalized spacial score (nSPS) is 16.1. The molecule has 1 aromatic carbocycles. The molecule has 0 radical (unpaired) electrons. The predicted octanol–water partition coefficient (Wildman–Crippen LogP) is 3.45. The smallest absolute Gasteiger partial charge is 0.261 e. The van der Waals surface area contributed by atoms with E-state index in [9.17, 15) is 4.79 Å². The highest BCUT2D eigenvalue weighted by Crippen LogP contribution is 2.31. The first kappa shape index (κ1) is 19.9. The highest BCUT2D eigenvalue weighted by Gasteiger charge is 2.32. The van der Waals surface area contributed by atoms with Crippen LogP contribution in [0.3, 0.4) is 0 Å². The molecule has 0 N–H and O–H groups in total. The monoisotopic (exact) mass is 430 g/mol. The predicted molar refractivity (Wildman–Crippen MR) is 115 cm³/mol. The van der Waals surface area contributed by atoms with Crippen molar-refractivity contribution >= 4 is 5.91 Å². The Bertz CT molecular complexity index is 1180. The van der Waals surface area contributed by atoms with Crippen molar-refractivity contribution in [2.75, 3.05) is 13.2 Å². The lowest BCUT2D eigenvalue weighted by Gasteiger charge is -2.33. The van der Waals surface area contributed by atoms with Gasteiger partial charge in [0, 0.05) is 30.7 Å². The summed E-state index contributed by atoms with van der Waals surface area (Å²) in [6.07, 6.45) is 9.58. The molecule has 0 spiro atoms. The standard InChI is InChI=1S/C23H22N6O3/c30-21(15-31-18-6-2-1-3-7-18)29-12-5-4-8-19(29)23-26-22(27-32-23)17-9-10-25-20(14-17)28-13-11-24-16-28/h1-3,6-7,9-11,13-14,16,19H,4-5,8,12,15H2/t19-/m1/s1. The zero-order chi connectivity index (χ0) is 21.8. The van der Waals surface area contributed by atoms with Crippen LogP contribution in [0.25, 0.3) is 17.2 Å². The lowest BCUT2D eigenvalue weighted by molar-refractivity contribution is -0.138. The third kappa shape index (κ3) is 4.22. The first-order chi connectivity index (χ1) is 15.8. The molecule has 4 heterocycles. The van der Waals surface area contributed by atoms with Crippen LogP contribution in [-0.4, -0.2) is 48.6 Å². The van der Waals surface area contributed by atoms with Crippen molar-refractivity contribution in [3.8, 4) is 23.0 Å². The molecule has 1 aliphatic rings. The summed E-state index contributed by atoms with van der Waals surface area (Å²) in [5.74, 6) is 2.18. The maximum atomic E-state index is 12.9. The van der Waals surface area contributed by atoms with Crippen LogP contribution in [0.15, 0.2) is 71.9 Å². The molecule has 3 aromatic heterocycles. The number of hydrogen-bond acceptors (Lipinski definition) is 7. The number of carbonyl (C=O) groups excluding carboxylic acids is 1. The van der Waals surface area contributed by atoms with E-state index in [0.29, 0.717) is 29.8 Å². The number of pyridine rings is 1.